The Kier molecular flexibility index (Phi) is 3.93. The van der Waals surface area contributed by atoms with Gasteiger partial charge in [0.05, 0.1) is 16.3 Å². The number of oxime groups is 1. The largest absolute Gasteiger partial charge is 0.454 e. The zero-order valence-corrected chi connectivity index (χ0v) is 13.5. The first-order valence-electron chi connectivity index (χ1n) is 7.49. The number of benzene rings is 2. The van der Waals surface area contributed by atoms with Gasteiger partial charge in [0.1, 0.15) is 5.82 Å². The van der Waals surface area contributed by atoms with Gasteiger partial charge in [-0.3, -0.25) is 4.79 Å². The predicted octanol–water partition coefficient (Wildman–Crippen LogP) is 3.34. The van der Waals surface area contributed by atoms with Crippen LogP contribution in [0.25, 0.3) is 0 Å². The third-order valence-electron chi connectivity index (χ3n) is 3.85. The third-order valence-corrected chi connectivity index (χ3v) is 4.17. The average Bonchev–Trinajstić information content (AvgIpc) is 3.23. The van der Waals surface area contributed by atoms with Crippen molar-refractivity contribution in [3.05, 3.63) is 52.8 Å². The van der Waals surface area contributed by atoms with Gasteiger partial charge in [0.2, 0.25) is 12.9 Å². The molecule has 0 fully saturated rings. The van der Waals surface area contributed by atoms with Gasteiger partial charge in [-0.25, -0.2) is 4.39 Å². The second-order valence-corrected chi connectivity index (χ2v) is 5.90. The van der Waals surface area contributed by atoms with Crippen molar-refractivity contribution >= 4 is 28.9 Å². The molecule has 1 amide bonds. The lowest BCUT2D eigenvalue weighted by atomic mass is 10.0. The molecule has 2 aromatic rings. The SMILES string of the molecule is O=C(Nc1ccc2c(c1)OCO2)[C@H]1CC(c2c(F)cccc2Cl)=NO1. The maximum atomic E-state index is 14.0. The van der Waals surface area contributed by atoms with E-state index in [2.05, 4.69) is 10.5 Å². The molecule has 25 heavy (non-hydrogen) atoms. The quantitative estimate of drug-likeness (QED) is 0.909. The maximum Gasteiger partial charge on any atom is 0.268 e. The number of rotatable bonds is 3. The Hall–Kier alpha value is -2.80. The molecule has 0 spiro atoms. The van der Waals surface area contributed by atoms with Gasteiger partial charge in [-0.1, -0.05) is 22.8 Å². The van der Waals surface area contributed by atoms with Crippen molar-refractivity contribution in [3.8, 4) is 11.5 Å². The molecule has 2 heterocycles. The molecule has 0 unspecified atom stereocenters. The van der Waals surface area contributed by atoms with E-state index in [4.69, 9.17) is 25.9 Å². The van der Waals surface area contributed by atoms with Crippen LogP contribution in [0.15, 0.2) is 41.6 Å². The molecule has 0 saturated carbocycles. The summed E-state index contributed by atoms with van der Waals surface area (Å²) in [7, 11) is 0. The molecular formula is C17H12ClFN2O4. The van der Waals surface area contributed by atoms with Gasteiger partial charge < -0.3 is 19.6 Å². The summed E-state index contributed by atoms with van der Waals surface area (Å²) in [6, 6.07) is 9.39. The van der Waals surface area contributed by atoms with Crippen molar-refractivity contribution in [3.63, 3.8) is 0 Å². The van der Waals surface area contributed by atoms with E-state index in [1.54, 1.807) is 24.3 Å². The van der Waals surface area contributed by atoms with E-state index in [0.29, 0.717) is 22.9 Å². The zero-order valence-electron chi connectivity index (χ0n) is 12.8. The molecule has 2 aromatic carbocycles. The molecule has 0 aliphatic carbocycles. The number of hydrogen-bond donors (Lipinski definition) is 1. The fourth-order valence-corrected chi connectivity index (χ4v) is 2.91. The van der Waals surface area contributed by atoms with Crippen molar-refractivity contribution in [2.75, 3.05) is 12.1 Å². The van der Waals surface area contributed by atoms with Gasteiger partial charge in [0.15, 0.2) is 11.5 Å². The molecular weight excluding hydrogens is 351 g/mol. The highest BCUT2D eigenvalue weighted by Crippen LogP contribution is 2.34. The van der Waals surface area contributed by atoms with E-state index >= 15 is 0 Å². The van der Waals surface area contributed by atoms with E-state index in [0.717, 1.165) is 0 Å². The maximum absolute atomic E-state index is 14.0. The lowest BCUT2D eigenvalue weighted by molar-refractivity contribution is -0.125. The van der Waals surface area contributed by atoms with Crippen LogP contribution in [-0.2, 0) is 9.63 Å². The topological polar surface area (TPSA) is 69.2 Å². The Morgan fingerprint density at radius 3 is 2.92 bits per heavy atom. The molecule has 128 valence electrons. The lowest BCUT2D eigenvalue weighted by Gasteiger charge is -2.10. The molecule has 1 atom stereocenters. The molecule has 2 aliphatic rings. The van der Waals surface area contributed by atoms with Crippen LogP contribution in [0.1, 0.15) is 12.0 Å². The number of carbonyl (C=O) groups excluding carboxylic acids is 1. The van der Waals surface area contributed by atoms with E-state index in [-0.39, 0.29) is 23.8 Å². The van der Waals surface area contributed by atoms with Gasteiger partial charge in [-0.15, -0.1) is 0 Å². The minimum absolute atomic E-state index is 0.122. The highest BCUT2D eigenvalue weighted by Gasteiger charge is 2.31. The standard InChI is InChI=1S/C17H12ClFN2O4/c18-10-2-1-3-11(19)16(10)12-7-15(25-21-12)17(22)20-9-4-5-13-14(6-9)24-8-23-13/h1-6,15H,7-8H2,(H,20,22)/t15-/m1/s1. The van der Waals surface area contributed by atoms with Crippen LogP contribution in [0, 0.1) is 5.82 Å². The molecule has 2 aliphatic heterocycles. The van der Waals surface area contributed by atoms with Gasteiger partial charge >= 0.3 is 0 Å². The van der Waals surface area contributed by atoms with Crippen LogP contribution in [0.4, 0.5) is 10.1 Å². The van der Waals surface area contributed by atoms with Gasteiger partial charge in [-0.05, 0) is 24.3 Å². The minimum Gasteiger partial charge on any atom is -0.454 e. The first-order chi connectivity index (χ1) is 12.1. The zero-order chi connectivity index (χ0) is 17.4. The van der Waals surface area contributed by atoms with Crippen LogP contribution in [0.3, 0.4) is 0 Å². The molecule has 6 nitrogen and oxygen atoms in total. The molecule has 0 saturated heterocycles. The first-order valence-corrected chi connectivity index (χ1v) is 7.87. The Labute approximate surface area is 147 Å². The van der Waals surface area contributed by atoms with Crippen molar-refractivity contribution in [1.29, 1.82) is 0 Å². The monoisotopic (exact) mass is 362 g/mol. The summed E-state index contributed by atoms with van der Waals surface area (Å²) in [6.45, 7) is 0.152. The van der Waals surface area contributed by atoms with E-state index in [9.17, 15) is 9.18 Å². The van der Waals surface area contributed by atoms with Crippen LogP contribution < -0.4 is 14.8 Å². The van der Waals surface area contributed by atoms with Crippen molar-refractivity contribution in [2.24, 2.45) is 5.16 Å². The summed E-state index contributed by atoms with van der Waals surface area (Å²) in [5.41, 5.74) is 0.992. The summed E-state index contributed by atoms with van der Waals surface area (Å²) in [6.07, 6.45) is -0.743. The van der Waals surface area contributed by atoms with Gasteiger partial charge in [0.25, 0.3) is 5.91 Å². The predicted molar refractivity (Wildman–Crippen MR) is 88.6 cm³/mol. The number of amides is 1. The van der Waals surface area contributed by atoms with Crippen LogP contribution in [0.5, 0.6) is 11.5 Å². The van der Waals surface area contributed by atoms with E-state index in [1.807, 2.05) is 0 Å². The van der Waals surface area contributed by atoms with Gasteiger partial charge in [-0.2, -0.15) is 0 Å². The van der Waals surface area contributed by atoms with Crippen molar-refractivity contribution < 1.29 is 23.5 Å². The lowest BCUT2D eigenvalue weighted by Crippen LogP contribution is -2.28. The number of fused-ring (bicyclic) bond motifs is 1. The highest BCUT2D eigenvalue weighted by atomic mass is 35.5. The molecule has 4 rings (SSSR count). The Morgan fingerprint density at radius 1 is 1.24 bits per heavy atom. The first kappa shape index (κ1) is 15.7. The smallest absolute Gasteiger partial charge is 0.268 e. The average molecular weight is 363 g/mol. The number of anilines is 1. The number of hydrogen-bond acceptors (Lipinski definition) is 5. The summed E-state index contributed by atoms with van der Waals surface area (Å²) in [5, 5.41) is 6.75. The molecule has 1 N–H and O–H groups in total. The Bertz CT molecular complexity index is 867. The Balaban J connectivity index is 1.45. The van der Waals surface area contributed by atoms with Crippen molar-refractivity contribution in [2.45, 2.75) is 12.5 Å². The van der Waals surface area contributed by atoms with Crippen molar-refractivity contribution in [1.82, 2.24) is 0 Å². The minimum atomic E-state index is -0.865. The summed E-state index contributed by atoms with van der Waals surface area (Å²) in [5.74, 6) is 0.270. The second-order valence-electron chi connectivity index (χ2n) is 5.49. The fourth-order valence-electron chi connectivity index (χ4n) is 2.64. The molecule has 0 aromatic heterocycles. The normalized spacial score (nSPS) is 17.8. The van der Waals surface area contributed by atoms with E-state index < -0.39 is 17.8 Å². The third kappa shape index (κ3) is 2.98. The van der Waals surface area contributed by atoms with E-state index in [1.165, 1.54) is 12.1 Å². The highest BCUT2D eigenvalue weighted by molar-refractivity contribution is 6.34. The van der Waals surface area contributed by atoms with Crippen LogP contribution in [0.2, 0.25) is 5.02 Å². The fraction of sp³-hybridized carbons (Fsp3) is 0.176. The number of ether oxygens (including phenoxy) is 2. The summed E-state index contributed by atoms with van der Waals surface area (Å²) in [4.78, 5) is 17.5. The van der Waals surface area contributed by atoms with Crippen LogP contribution >= 0.6 is 11.6 Å². The van der Waals surface area contributed by atoms with Crippen LogP contribution in [-0.4, -0.2) is 24.5 Å². The summed E-state index contributed by atoms with van der Waals surface area (Å²) >= 11 is 6.02. The molecule has 8 heteroatoms. The number of carbonyl (C=O) groups is 1. The number of nitrogens with zero attached hydrogens (tertiary/aromatic N) is 1. The second kappa shape index (κ2) is 6.25. The number of nitrogens with one attached hydrogen (secondary N) is 1. The summed E-state index contributed by atoms with van der Waals surface area (Å²) < 4.78 is 24.4. The molecule has 0 radical (unpaired) electrons. The Morgan fingerprint density at radius 2 is 2.08 bits per heavy atom. The van der Waals surface area contributed by atoms with Gasteiger partial charge in [0, 0.05) is 18.2 Å². The number of halogens is 2. The molecule has 0 bridgehead atoms.